The summed E-state index contributed by atoms with van der Waals surface area (Å²) in [5, 5.41) is 5.13. The van der Waals surface area contributed by atoms with Crippen LogP contribution in [0, 0.1) is 13.8 Å². The maximum atomic E-state index is 6.36. The first-order valence-electron chi connectivity index (χ1n) is 6.50. The predicted molar refractivity (Wildman–Crippen MR) is 81.4 cm³/mol. The summed E-state index contributed by atoms with van der Waals surface area (Å²) in [5.74, 6) is 0.424. The highest BCUT2D eigenvalue weighted by atomic mass is 35.5. The smallest absolute Gasteiger partial charge is 0.207 e. The summed E-state index contributed by atoms with van der Waals surface area (Å²) in [6, 6.07) is 5.88. The molecule has 2 N–H and O–H groups in total. The van der Waals surface area contributed by atoms with Crippen molar-refractivity contribution in [2.24, 2.45) is 0 Å². The number of nitrogens with zero attached hydrogens (tertiary/aromatic N) is 4. The minimum Gasteiger partial charge on any atom is -0.369 e. The van der Waals surface area contributed by atoms with Gasteiger partial charge in [0.2, 0.25) is 5.95 Å². The summed E-state index contributed by atoms with van der Waals surface area (Å²) in [6.45, 7) is 6.72. The number of benzene rings is 1. The molecule has 0 bridgehead atoms. The average Bonchev–Trinajstić information content (AvgIpc) is 2.88. The molecule has 20 heavy (non-hydrogen) atoms. The Kier molecular flexibility index (Phi) is 2.94. The molecule has 104 valence electrons. The van der Waals surface area contributed by atoms with E-state index in [9.17, 15) is 0 Å². The van der Waals surface area contributed by atoms with E-state index in [2.05, 4.69) is 10.1 Å². The van der Waals surface area contributed by atoms with Crippen LogP contribution in [0.4, 0.5) is 5.95 Å². The van der Waals surface area contributed by atoms with E-state index in [0.717, 1.165) is 34.7 Å². The fraction of sp³-hybridized carbons (Fsp3) is 0.286. The van der Waals surface area contributed by atoms with Crippen molar-refractivity contribution in [2.75, 3.05) is 5.73 Å². The molecule has 0 radical (unpaired) electrons. The largest absolute Gasteiger partial charge is 0.369 e. The molecule has 3 rings (SSSR count). The van der Waals surface area contributed by atoms with Crippen LogP contribution < -0.4 is 5.73 Å². The molecule has 3 aromatic rings. The first-order valence-corrected chi connectivity index (χ1v) is 6.88. The predicted octanol–water partition coefficient (Wildman–Crippen LogP) is 3.09. The van der Waals surface area contributed by atoms with Gasteiger partial charge < -0.3 is 5.73 Å². The van der Waals surface area contributed by atoms with Crippen molar-refractivity contribution in [3.63, 3.8) is 0 Å². The van der Waals surface area contributed by atoms with Crippen LogP contribution in [0.15, 0.2) is 18.2 Å². The molecule has 5 nitrogen and oxygen atoms in total. The highest BCUT2D eigenvalue weighted by molar-refractivity contribution is 6.32. The topological polar surface area (TPSA) is 61.7 Å². The Balaban J connectivity index is 2.38. The summed E-state index contributed by atoms with van der Waals surface area (Å²) in [6.07, 6.45) is 0. The van der Waals surface area contributed by atoms with Gasteiger partial charge in [-0.1, -0.05) is 17.7 Å². The zero-order valence-corrected chi connectivity index (χ0v) is 12.4. The van der Waals surface area contributed by atoms with Crippen LogP contribution in [0.25, 0.3) is 16.9 Å². The lowest BCUT2D eigenvalue weighted by Gasteiger charge is -2.10. The van der Waals surface area contributed by atoms with Gasteiger partial charge in [0.05, 0.1) is 16.4 Å². The number of aromatic nitrogens is 4. The molecule has 0 aliphatic rings. The Morgan fingerprint density at radius 3 is 2.70 bits per heavy atom. The number of imidazole rings is 1. The Labute approximate surface area is 122 Å². The summed E-state index contributed by atoms with van der Waals surface area (Å²) in [7, 11) is 0. The van der Waals surface area contributed by atoms with E-state index in [0.29, 0.717) is 11.0 Å². The second-order valence-electron chi connectivity index (χ2n) is 4.83. The van der Waals surface area contributed by atoms with E-state index in [1.54, 1.807) is 0 Å². The molecule has 0 unspecified atom stereocenters. The SMILES string of the molecule is CCn1nc(C)c2nc(N)n(-c3ccc(C)cc3Cl)c21. The molecular formula is C14H16ClN5. The summed E-state index contributed by atoms with van der Waals surface area (Å²) in [5.41, 5.74) is 10.6. The third-order valence-corrected chi connectivity index (χ3v) is 3.68. The van der Waals surface area contributed by atoms with Crippen molar-refractivity contribution in [2.45, 2.75) is 27.3 Å². The van der Waals surface area contributed by atoms with E-state index >= 15 is 0 Å². The summed E-state index contributed by atoms with van der Waals surface area (Å²) < 4.78 is 3.75. The average molecular weight is 290 g/mol. The molecule has 0 amide bonds. The molecule has 1 aromatic carbocycles. The summed E-state index contributed by atoms with van der Waals surface area (Å²) in [4.78, 5) is 4.42. The van der Waals surface area contributed by atoms with Gasteiger partial charge in [0.15, 0.2) is 5.65 Å². The minimum atomic E-state index is 0.424. The highest BCUT2D eigenvalue weighted by Gasteiger charge is 2.19. The molecule has 0 spiro atoms. The van der Waals surface area contributed by atoms with Crippen LogP contribution in [0.3, 0.4) is 0 Å². The van der Waals surface area contributed by atoms with E-state index < -0.39 is 0 Å². The lowest BCUT2D eigenvalue weighted by molar-refractivity contribution is 0.663. The Morgan fingerprint density at radius 2 is 2.05 bits per heavy atom. The Morgan fingerprint density at radius 1 is 1.30 bits per heavy atom. The first kappa shape index (κ1) is 13.0. The molecular weight excluding hydrogens is 274 g/mol. The fourth-order valence-corrected chi connectivity index (χ4v) is 2.76. The molecule has 0 atom stereocenters. The lowest BCUT2D eigenvalue weighted by Crippen LogP contribution is -2.07. The van der Waals surface area contributed by atoms with Crippen molar-refractivity contribution < 1.29 is 0 Å². The van der Waals surface area contributed by atoms with Gasteiger partial charge in [-0.05, 0) is 38.5 Å². The van der Waals surface area contributed by atoms with Crippen molar-refractivity contribution >= 4 is 28.7 Å². The minimum absolute atomic E-state index is 0.424. The molecule has 0 fully saturated rings. The van der Waals surface area contributed by atoms with Crippen molar-refractivity contribution in [3.8, 4) is 5.69 Å². The van der Waals surface area contributed by atoms with Crippen LogP contribution in [0.2, 0.25) is 5.02 Å². The number of halogens is 1. The van der Waals surface area contributed by atoms with Crippen LogP contribution in [0.1, 0.15) is 18.2 Å². The van der Waals surface area contributed by atoms with Crippen LogP contribution in [-0.2, 0) is 6.54 Å². The quantitative estimate of drug-likeness (QED) is 0.788. The van der Waals surface area contributed by atoms with Crippen molar-refractivity contribution in [3.05, 3.63) is 34.5 Å². The number of hydrogen-bond donors (Lipinski definition) is 1. The van der Waals surface area contributed by atoms with E-state index in [-0.39, 0.29) is 0 Å². The number of anilines is 1. The maximum absolute atomic E-state index is 6.36. The van der Waals surface area contributed by atoms with Gasteiger partial charge >= 0.3 is 0 Å². The third kappa shape index (κ3) is 1.78. The zero-order valence-electron chi connectivity index (χ0n) is 11.7. The monoisotopic (exact) mass is 289 g/mol. The van der Waals surface area contributed by atoms with Gasteiger partial charge in [0, 0.05) is 6.54 Å². The number of fused-ring (bicyclic) bond motifs is 1. The number of rotatable bonds is 2. The van der Waals surface area contributed by atoms with Gasteiger partial charge in [0.1, 0.15) is 5.52 Å². The molecule has 2 aromatic heterocycles. The number of hydrogen-bond acceptors (Lipinski definition) is 3. The number of nitrogen functional groups attached to an aromatic ring is 1. The summed E-state index contributed by atoms with van der Waals surface area (Å²) >= 11 is 6.36. The third-order valence-electron chi connectivity index (χ3n) is 3.38. The standard InChI is InChI=1S/C14H16ClN5/c1-4-19-13-12(9(3)18-19)17-14(16)20(13)11-6-5-8(2)7-10(11)15/h5-7H,4H2,1-3H3,(H2,16,17). The van der Waals surface area contributed by atoms with Gasteiger partial charge in [0.25, 0.3) is 0 Å². The Bertz CT molecular complexity index is 800. The lowest BCUT2D eigenvalue weighted by atomic mass is 10.2. The maximum Gasteiger partial charge on any atom is 0.207 e. The Hall–Kier alpha value is -2.01. The molecule has 2 heterocycles. The molecule has 0 saturated carbocycles. The number of aryl methyl sites for hydroxylation is 3. The van der Waals surface area contributed by atoms with Crippen LogP contribution >= 0.6 is 11.6 Å². The van der Waals surface area contributed by atoms with Gasteiger partial charge in [-0.3, -0.25) is 4.57 Å². The highest BCUT2D eigenvalue weighted by Crippen LogP contribution is 2.29. The van der Waals surface area contributed by atoms with Crippen molar-refractivity contribution in [1.29, 1.82) is 0 Å². The van der Waals surface area contributed by atoms with E-state index in [1.165, 1.54) is 0 Å². The number of nitrogens with two attached hydrogens (primary N) is 1. The second-order valence-corrected chi connectivity index (χ2v) is 5.24. The van der Waals surface area contributed by atoms with E-state index in [4.69, 9.17) is 17.3 Å². The normalized spacial score (nSPS) is 11.4. The first-order chi connectivity index (χ1) is 9.52. The van der Waals surface area contributed by atoms with Gasteiger partial charge in [-0.2, -0.15) is 5.10 Å². The second kappa shape index (κ2) is 4.52. The molecule has 6 heteroatoms. The zero-order chi connectivity index (χ0) is 14.4. The fourth-order valence-electron chi connectivity index (χ4n) is 2.44. The molecule has 0 aliphatic carbocycles. The van der Waals surface area contributed by atoms with E-state index in [1.807, 2.05) is 48.2 Å². The van der Waals surface area contributed by atoms with Crippen molar-refractivity contribution in [1.82, 2.24) is 19.3 Å². The molecule has 0 saturated heterocycles. The van der Waals surface area contributed by atoms with Crippen LogP contribution in [0.5, 0.6) is 0 Å². The van der Waals surface area contributed by atoms with Crippen LogP contribution in [-0.4, -0.2) is 19.3 Å². The molecule has 0 aliphatic heterocycles. The van der Waals surface area contributed by atoms with Gasteiger partial charge in [-0.15, -0.1) is 0 Å². The van der Waals surface area contributed by atoms with Gasteiger partial charge in [-0.25, -0.2) is 9.67 Å².